The third kappa shape index (κ3) is 3.79. The zero-order valence-corrected chi connectivity index (χ0v) is 16.0. The fourth-order valence-electron chi connectivity index (χ4n) is 3.45. The van der Waals surface area contributed by atoms with Crippen molar-refractivity contribution in [2.75, 3.05) is 24.5 Å². The zero-order chi connectivity index (χ0) is 18.1. The molecule has 0 aliphatic carbocycles. The number of nitrogens with zero attached hydrogens (tertiary/aromatic N) is 1. The van der Waals surface area contributed by atoms with Gasteiger partial charge in [0, 0.05) is 25.3 Å². The van der Waals surface area contributed by atoms with Crippen LogP contribution in [0, 0.1) is 0 Å². The monoisotopic (exact) mass is 342 g/mol. The van der Waals surface area contributed by atoms with Crippen molar-refractivity contribution in [3.8, 4) is 0 Å². The van der Waals surface area contributed by atoms with Gasteiger partial charge in [-0.15, -0.1) is 0 Å². The molecule has 4 nitrogen and oxygen atoms in total. The van der Waals surface area contributed by atoms with Gasteiger partial charge in [0.1, 0.15) is 0 Å². The van der Waals surface area contributed by atoms with E-state index in [9.17, 15) is 0 Å². The molecule has 0 atom stereocenters. The lowest BCUT2D eigenvalue weighted by molar-refractivity contribution is 0.00578. The summed E-state index contributed by atoms with van der Waals surface area (Å²) in [5.41, 5.74) is 8.83. The molecule has 2 saturated heterocycles. The maximum absolute atomic E-state index is 6.19. The van der Waals surface area contributed by atoms with Gasteiger partial charge in [-0.05, 0) is 64.1 Å². The summed E-state index contributed by atoms with van der Waals surface area (Å²) in [4.78, 5) is 2.48. The van der Waals surface area contributed by atoms with Crippen LogP contribution in [0.2, 0.25) is 0 Å². The van der Waals surface area contributed by atoms with Crippen molar-refractivity contribution in [3.63, 3.8) is 0 Å². The molecule has 3 rings (SSSR count). The highest BCUT2D eigenvalue weighted by Crippen LogP contribution is 2.39. The molecule has 2 heterocycles. The van der Waals surface area contributed by atoms with Gasteiger partial charge in [0.25, 0.3) is 0 Å². The minimum absolute atomic E-state index is 0.349. The SMILES string of the molecule is CC1(C)OB(C(=Cc2ccccc2N2CCCCC2)CN)OC1(C)C. The molecule has 2 aliphatic rings. The molecule has 0 radical (unpaired) electrons. The van der Waals surface area contributed by atoms with Gasteiger partial charge in [-0.25, -0.2) is 0 Å². The standard InChI is InChI=1S/C20H31BN2O2/c1-19(2)20(3,4)25-21(24-19)17(15-22)14-16-10-6-7-11-18(16)23-12-8-5-9-13-23/h6-7,10-11,14H,5,8-9,12-13,15,22H2,1-4H3. The molecule has 5 heteroatoms. The third-order valence-electron chi connectivity index (χ3n) is 5.77. The highest BCUT2D eigenvalue weighted by atomic mass is 16.7. The Balaban J connectivity index is 1.88. The molecule has 25 heavy (non-hydrogen) atoms. The van der Waals surface area contributed by atoms with Crippen molar-refractivity contribution in [1.29, 1.82) is 0 Å². The number of nitrogens with two attached hydrogens (primary N) is 1. The van der Waals surface area contributed by atoms with Crippen LogP contribution >= 0.6 is 0 Å². The summed E-state index contributed by atoms with van der Waals surface area (Å²) in [6.07, 6.45) is 6.01. The molecule has 0 saturated carbocycles. The lowest BCUT2D eigenvalue weighted by Crippen LogP contribution is -2.41. The topological polar surface area (TPSA) is 47.7 Å². The Labute approximate surface area is 152 Å². The largest absolute Gasteiger partial charge is 0.491 e. The summed E-state index contributed by atoms with van der Waals surface area (Å²) in [5, 5.41) is 0. The number of hydrogen-bond acceptors (Lipinski definition) is 4. The second-order valence-electron chi connectivity index (χ2n) is 8.12. The van der Waals surface area contributed by atoms with E-state index < -0.39 is 0 Å². The quantitative estimate of drug-likeness (QED) is 0.849. The lowest BCUT2D eigenvalue weighted by Gasteiger charge is -2.32. The predicted molar refractivity (Wildman–Crippen MR) is 106 cm³/mol. The summed E-state index contributed by atoms with van der Waals surface area (Å²) in [7, 11) is -0.385. The third-order valence-corrected chi connectivity index (χ3v) is 5.77. The van der Waals surface area contributed by atoms with E-state index in [0.29, 0.717) is 6.54 Å². The van der Waals surface area contributed by atoms with Crippen LogP contribution in [0.5, 0.6) is 0 Å². The molecule has 0 amide bonds. The van der Waals surface area contributed by atoms with Gasteiger partial charge in [0.05, 0.1) is 11.2 Å². The molecular formula is C20H31BN2O2. The van der Waals surface area contributed by atoms with E-state index in [1.165, 1.54) is 30.5 Å². The Bertz CT molecular complexity index is 620. The molecule has 1 aromatic carbocycles. The molecule has 0 spiro atoms. The smallest absolute Gasteiger partial charge is 0.400 e. The van der Waals surface area contributed by atoms with Crippen LogP contribution in [0.4, 0.5) is 5.69 Å². The van der Waals surface area contributed by atoms with E-state index in [-0.39, 0.29) is 18.3 Å². The summed E-state index contributed by atoms with van der Waals surface area (Å²) in [6.45, 7) is 11.0. The average molecular weight is 342 g/mol. The normalized spacial score (nSPS) is 23.2. The highest BCUT2D eigenvalue weighted by Gasteiger charge is 2.52. The Kier molecular flexibility index (Phi) is 5.28. The minimum atomic E-state index is -0.385. The lowest BCUT2D eigenvalue weighted by atomic mass is 9.77. The summed E-state index contributed by atoms with van der Waals surface area (Å²) >= 11 is 0. The first kappa shape index (κ1) is 18.5. The van der Waals surface area contributed by atoms with Gasteiger partial charge in [-0.3, -0.25) is 0 Å². The van der Waals surface area contributed by atoms with E-state index in [1.807, 2.05) is 0 Å². The number of hydrogen-bond donors (Lipinski definition) is 1. The van der Waals surface area contributed by atoms with Crippen LogP contribution < -0.4 is 10.6 Å². The van der Waals surface area contributed by atoms with Gasteiger partial charge >= 0.3 is 7.12 Å². The van der Waals surface area contributed by atoms with Gasteiger partial charge in [-0.1, -0.05) is 24.3 Å². The molecular weight excluding hydrogens is 311 g/mol. The van der Waals surface area contributed by atoms with Crippen molar-refractivity contribution in [3.05, 3.63) is 35.3 Å². The summed E-state index contributed by atoms with van der Waals surface area (Å²) < 4.78 is 12.4. The van der Waals surface area contributed by atoms with Gasteiger partial charge < -0.3 is 19.9 Å². The first-order chi connectivity index (χ1) is 11.8. The summed E-state index contributed by atoms with van der Waals surface area (Å²) in [6, 6.07) is 8.55. The first-order valence-corrected chi connectivity index (χ1v) is 9.44. The van der Waals surface area contributed by atoms with Crippen LogP contribution in [0.3, 0.4) is 0 Å². The number of para-hydroxylation sites is 1. The molecule has 1 aromatic rings. The Morgan fingerprint density at radius 3 is 2.28 bits per heavy atom. The van der Waals surface area contributed by atoms with Gasteiger partial charge in [-0.2, -0.15) is 0 Å². The van der Waals surface area contributed by atoms with Crippen molar-refractivity contribution in [1.82, 2.24) is 0 Å². The number of anilines is 1. The number of benzene rings is 1. The average Bonchev–Trinajstić information content (AvgIpc) is 2.81. The van der Waals surface area contributed by atoms with E-state index >= 15 is 0 Å². The maximum atomic E-state index is 6.19. The van der Waals surface area contributed by atoms with Crippen LogP contribution in [0.1, 0.15) is 52.5 Å². The van der Waals surface area contributed by atoms with Gasteiger partial charge in [0.2, 0.25) is 0 Å². The van der Waals surface area contributed by atoms with Crippen molar-refractivity contribution >= 4 is 18.9 Å². The summed E-state index contributed by atoms with van der Waals surface area (Å²) in [5.74, 6) is 0. The molecule has 2 N–H and O–H groups in total. The Morgan fingerprint density at radius 2 is 1.68 bits per heavy atom. The second-order valence-corrected chi connectivity index (χ2v) is 8.12. The fourth-order valence-corrected chi connectivity index (χ4v) is 3.45. The van der Waals surface area contributed by atoms with Crippen LogP contribution in [-0.4, -0.2) is 38.0 Å². The number of rotatable bonds is 4. The minimum Gasteiger partial charge on any atom is -0.400 e. The molecule has 136 valence electrons. The van der Waals surface area contributed by atoms with E-state index in [4.69, 9.17) is 15.0 Å². The fraction of sp³-hybridized carbons (Fsp3) is 0.600. The zero-order valence-electron chi connectivity index (χ0n) is 16.0. The molecule has 2 fully saturated rings. The van der Waals surface area contributed by atoms with Crippen LogP contribution in [-0.2, 0) is 9.31 Å². The van der Waals surface area contributed by atoms with Crippen molar-refractivity contribution in [2.45, 2.75) is 58.2 Å². The maximum Gasteiger partial charge on any atom is 0.491 e. The first-order valence-electron chi connectivity index (χ1n) is 9.44. The van der Waals surface area contributed by atoms with E-state index in [2.05, 4.69) is 62.9 Å². The van der Waals surface area contributed by atoms with Gasteiger partial charge in [0.15, 0.2) is 0 Å². The highest BCUT2D eigenvalue weighted by molar-refractivity contribution is 6.56. The Morgan fingerprint density at radius 1 is 1.08 bits per heavy atom. The molecule has 0 unspecified atom stereocenters. The van der Waals surface area contributed by atoms with Crippen molar-refractivity contribution in [2.24, 2.45) is 5.73 Å². The van der Waals surface area contributed by atoms with Crippen molar-refractivity contribution < 1.29 is 9.31 Å². The van der Waals surface area contributed by atoms with E-state index in [1.54, 1.807) is 0 Å². The molecule has 0 aromatic heterocycles. The molecule has 0 bridgehead atoms. The Hall–Kier alpha value is -1.30. The van der Waals surface area contributed by atoms with Crippen LogP contribution in [0.25, 0.3) is 6.08 Å². The van der Waals surface area contributed by atoms with Crippen LogP contribution in [0.15, 0.2) is 29.7 Å². The predicted octanol–water partition coefficient (Wildman–Crippen LogP) is 3.65. The number of piperidine rings is 1. The molecule has 2 aliphatic heterocycles. The second kappa shape index (κ2) is 7.14. The van der Waals surface area contributed by atoms with E-state index in [0.717, 1.165) is 18.6 Å².